The number of hydrogen-bond donors (Lipinski definition) is 1. The van der Waals surface area contributed by atoms with Gasteiger partial charge in [-0.15, -0.1) is 0 Å². The van der Waals surface area contributed by atoms with E-state index in [2.05, 4.69) is 22.1 Å². The third-order valence-electron chi connectivity index (χ3n) is 6.31. The van der Waals surface area contributed by atoms with E-state index >= 15 is 0 Å². The Labute approximate surface area is 234 Å². The van der Waals surface area contributed by atoms with Crippen LogP contribution in [0.25, 0.3) is 0 Å². The molecule has 11 nitrogen and oxygen atoms in total. The fraction of sp³-hybridized carbons (Fsp3) is 0.480. The number of nitrogens with one attached hydrogen (secondary N) is 1. The highest BCUT2D eigenvalue weighted by molar-refractivity contribution is 6.33. The predicted molar refractivity (Wildman–Crippen MR) is 147 cm³/mol. The summed E-state index contributed by atoms with van der Waals surface area (Å²) in [5.41, 5.74) is -0.523. The molecule has 15 heteroatoms. The maximum absolute atomic E-state index is 13.7. The Hall–Kier alpha value is -3.65. The van der Waals surface area contributed by atoms with Crippen LogP contribution >= 0.6 is 11.6 Å². The summed E-state index contributed by atoms with van der Waals surface area (Å²) in [4.78, 5) is 48.5. The van der Waals surface area contributed by atoms with Crippen molar-refractivity contribution in [2.24, 2.45) is 10.1 Å². The van der Waals surface area contributed by atoms with E-state index in [0.29, 0.717) is 44.0 Å². The smallest absolute Gasteiger partial charge is 0.362 e. The molecule has 0 spiro atoms. The number of halogens is 4. The molecule has 0 bridgehead atoms. The summed E-state index contributed by atoms with van der Waals surface area (Å²) in [6.45, 7) is 8.27. The quantitative estimate of drug-likeness (QED) is 0.478. The largest absolute Gasteiger partial charge is 0.416 e. The molecule has 0 saturated carbocycles. The molecule has 0 aliphatic carbocycles. The number of carbonyl (C=O) groups is 2. The third-order valence-corrected chi connectivity index (χ3v) is 6.62. The minimum absolute atomic E-state index is 0.000779. The third kappa shape index (κ3) is 6.91. The summed E-state index contributed by atoms with van der Waals surface area (Å²) in [5.74, 6) is -0.670. The van der Waals surface area contributed by atoms with Gasteiger partial charge in [-0.3, -0.25) is 19.3 Å². The van der Waals surface area contributed by atoms with E-state index in [-0.39, 0.29) is 35.4 Å². The Morgan fingerprint density at radius 2 is 1.82 bits per heavy atom. The van der Waals surface area contributed by atoms with Crippen molar-refractivity contribution in [2.45, 2.75) is 33.0 Å². The SMILES string of the molecule is C=Nn1c(=O)c(N2CCN(C(C)=O)CC2)c(CC)n(CC(=O)Nc2ccc(C(F)(F)F)cc2Cl)/c1=N/CN(C)C. The predicted octanol–water partition coefficient (Wildman–Crippen LogP) is 2.08. The van der Waals surface area contributed by atoms with E-state index in [1.54, 1.807) is 28.5 Å². The molecular formula is C25H32ClF3N8O3. The van der Waals surface area contributed by atoms with Gasteiger partial charge in [-0.2, -0.15) is 22.9 Å². The second-order valence-electron chi connectivity index (χ2n) is 9.41. The second kappa shape index (κ2) is 12.7. The van der Waals surface area contributed by atoms with Crippen molar-refractivity contribution in [1.29, 1.82) is 0 Å². The Bertz CT molecular complexity index is 1410. The minimum Gasteiger partial charge on any atom is -0.362 e. The van der Waals surface area contributed by atoms with Crippen molar-refractivity contribution in [3.63, 3.8) is 0 Å². The number of rotatable bonds is 8. The molecule has 40 heavy (non-hydrogen) atoms. The second-order valence-corrected chi connectivity index (χ2v) is 9.81. The van der Waals surface area contributed by atoms with Crippen molar-refractivity contribution in [3.05, 3.63) is 50.5 Å². The van der Waals surface area contributed by atoms with Crippen molar-refractivity contribution < 1.29 is 22.8 Å². The summed E-state index contributed by atoms with van der Waals surface area (Å²) in [6.07, 6.45) is -4.24. The molecule has 0 unspecified atom stereocenters. The number of carbonyl (C=O) groups excluding carboxylic acids is 2. The minimum atomic E-state index is -4.58. The van der Waals surface area contributed by atoms with Gasteiger partial charge in [0.1, 0.15) is 12.2 Å². The van der Waals surface area contributed by atoms with Crippen LogP contribution in [0.1, 0.15) is 25.1 Å². The summed E-state index contributed by atoms with van der Waals surface area (Å²) >= 11 is 6.04. The first-order chi connectivity index (χ1) is 18.8. The van der Waals surface area contributed by atoms with Crippen LogP contribution in [0.4, 0.5) is 24.5 Å². The Kier molecular flexibility index (Phi) is 9.79. The van der Waals surface area contributed by atoms with Gasteiger partial charge in [0.05, 0.1) is 28.6 Å². The standard InChI is InChI=1S/C25H32ClF3N8O3/c1-6-20-22(35-11-9-34(10-12-35)16(2)38)23(40)37(30-3)24(31-15-33(4)5)36(20)14-21(39)32-19-8-7-17(13-18(19)26)25(27,28)29/h7-8,13H,3,6,9-12,14-15H2,1-2,4-5H3,(H,32,39)/b31-24-. The van der Waals surface area contributed by atoms with Gasteiger partial charge < -0.3 is 19.7 Å². The molecule has 1 aromatic heterocycles. The fourth-order valence-corrected chi connectivity index (χ4v) is 4.60. The average Bonchev–Trinajstić information content (AvgIpc) is 2.88. The lowest BCUT2D eigenvalue weighted by atomic mass is 10.2. The number of amides is 2. The van der Waals surface area contributed by atoms with Crippen molar-refractivity contribution in [1.82, 2.24) is 19.0 Å². The maximum Gasteiger partial charge on any atom is 0.416 e. The first kappa shape index (κ1) is 30.9. The zero-order chi connectivity index (χ0) is 29.8. The average molecular weight is 585 g/mol. The Balaban J connectivity index is 2.09. The molecule has 0 atom stereocenters. The monoisotopic (exact) mass is 584 g/mol. The zero-order valence-corrected chi connectivity index (χ0v) is 23.5. The number of hydrogen-bond acceptors (Lipinski definition) is 7. The van der Waals surface area contributed by atoms with Crippen LogP contribution in [-0.2, 0) is 28.7 Å². The summed E-state index contributed by atoms with van der Waals surface area (Å²) in [5, 5.41) is 6.16. The number of aromatic nitrogens is 2. The van der Waals surface area contributed by atoms with Gasteiger partial charge in [-0.05, 0) is 38.7 Å². The van der Waals surface area contributed by atoms with Crippen molar-refractivity contribution in [2.75, 3.05) is 57.2 Å². The number of alkyl halides is 3. The van der Waals surface area contributed by atoms with Crippen LogP contribution in [0, 0.1) is 0 Å². The molecule has 2 amide bonds. The molecular weight excluding hydrogens is 553 g/mol. The molecule has 1 N–H and O–H groups in total. The molecule has 1 aliphatic heterocycles. The summed E-state index contributed by atoms with van der Waals surface area (Å²) in [7, 11) is 3.56. The lowest BCUT2D eigenvalue weighted by Gasteiger charge is -2.36. The molecule has 218 valence electrons. The van der Waals surface area contributed by atoms with Gasteiger partial charge >= 0.3 is 6.18 Å². The fourth-order valence-electron chi connectivity index (χ4n) is 4.38. The highest BCUT2D eigenvalue weighted by Crippen LogP contribution is 2.33. The zero-order valence-electron chi connectivity index (χ0n) is 22.8. The molecule has 1 aliphatic rings. The van der Waals surface area contributed by atoms with E-state index in [1.165, 1.54) is 6.92 Å². The van der Waals surface area contributed by atoms with Crippen molar-refractivity contribution in [3.8, 4) is 0 Å². The van der Waals surface area contributed by atoms with E-state index in [9.17, 15) is 27.6 Å². The van der Waals surface area contributed by atoms with Gasteiger partial charge in [-0.25, -0.2) is 4.99 Å². The van der Waals surface area contributed by atoms with E-state index in [0.717, 1.165) is 22.9 Å². The van der Waals surface area contributed by atoms with Gasteiger partial charge in [-0.1, -0.05) is 18.5 Å². The van der Waals surface area contributed by atoms with Crippen LogP contribution < -0.4 is 21.4 Å². The molecule has 0 radical (unpaired) electrons. The van der Waals surface area contributed by atoms with Crippen LogP contribution in [0.3, 0.4) is 0 Å². The number of piperazine rings is 1. The van der Waals surface area contributed by atoms with Gasteiger partial charge in [0.2, 0.25) is 17.4 Å². The summed E-state index contributed by atoms with van der Waals surface area (Å²) < 4.78 is 41.7. The lowest BCUT2D eigenvalue weighted by Crippen LogP contribution is -2.52. The van der Waals surface area contributed by atoms with Crippen LogP contribution in [-0.4, -0.2) is 84.5 Å². The first-order valence-electron chi connectivity index (χ1n) is 12.5. The molecule has 2 aromatic rings. The Morgan fingerprint density at radius 3 is 2.33 bits per heavy atom. The topological polar surface area (TPSA) is 108 Å². The maximum atomic E-state index is 13.7. The van der Waals surface area contributed by atoms with Gasteiger partial charge in [0, 0.05) is 39.8 Å². The first-order valence-corrected chi connectivity index (χ1v) is 12.8. The van der Waals surface area contributed by atoms with Crippen LogP contribution in [0.5, 0.6) is 0 Å². The number of anilines is 2. The van der Waals surface area contributed by atoms with E-state index in [4.69, 9.17) is 11.6 Å². The highest BCUT2D eigenvalue weighted by atomic mass is 35.5. The van der Waals surface area contributed by atoms with Crippen LogP contribution in [0.2, 0.25) is 5.02 Å². The van der Waals surface area contributed by atoms with Gasteiger partial charge in [0.25, 0.3) is 5.56 Å². The van der Waals surface area contributed by atoms with Crippen molar-refractivity contribution >= 4 is 41.5 Å². The summed E-state index contributed by atoms with van der Waals surface area (Å²) in [6, 6.07) is 2.64. The molecule has 3 rings (SSSR count). The number of nitrogens with zero attached hydrogens (tertiary/aromatic N) is 7. The molecule has 1 aromatic carbocycles. The lowest BCUT2D eigenvalue weighted by molar-refractivity contribution is -0.137. The molecule has 1 fully saturated rings. The molecule has 1 saturated heterocycles. The number of benzene rings is 1. The Morgan fingerprint density at radius 1 is 1.18 bits per heavy atom. The highest BCUT2D eigenvalue weighted by Gasteiger charge is 2.31. The van der Waals surface area contributed by atoms with E-state index in [1.807, 2.05) is 11.8 Å². The van der Waals surface area contributed by atoms with Crippen LogP contribution in [0.15, 0.2) is 33.1 Å². The van der Waals surface area contributed by atoms with E-state index < -0.39 is 23.2 Å². The molecule has 2 heterocycles. The van der Waals surface area contributed by atoms with Gasteiger partial charge in [0.15, 0.2) is 0 Å². The normalized spacial score (nSPS) is 14.6.